The van der Waals surface area contributed by atoms with E-state index in [-0.39, 0.29) is 36.2 Å². The summed E-state index contributed by atoms with van der Waals surface area (Å²) in [5.41, 5.74) is 12.0. The van der Waals surface area contributed by atoms with Crippen LogP contribution >= 0.6 is 12.4 Å². The highest BCUT2D eigenvalue weighted by Gasteiger charge is 2.31. The fraction of sp³-hybridized carbons (Fsp3) is 0.520. The van der Waals surface area contributed by atoms with E-state index in [0.29, 0.717) is 45.0 Å². The molecule has 6 N–H and O–H groups in total. The van der Waals surface area contributed by atoms with Crippen molar-refractivity contribution < 1.29 is 14.7 Å². The lowest BCUT2D eigenvalue weighted by atomic mass is 10.0. The first-order chi connectivity index (χ1) is 17.5. The minimum Gasteiger partial charge on any atom is -0.390 e. The summed E-state index contributed by atoms with van der Waals surface area (Å²) < 4.78 is 1.40. The average molecular weight is 549 g/mol. The Balaban J connectivity index is 0.00000400. The Bertz CT molecular complexity index is 1180. The van der Waals surface area contributed by atoms with E-state index in [2.05, 4.69) is 15.2 Å². The first kappa shape index (κ1) is 29.5. The van der Waals surface area contributed by atoms with E-state index < -0.39 is 17.3 Å². The Morgan fingerprint density at radius 3 is 2.29 bits per heavy atom. The third kappa shape index (κ3) is 7.08. The summed E-state index contributed by atoms with van der Waals surface area (Å²) >= 11 is 0. The fourth-order valence-electron chi connectivity index (χ4n) is 4.56. The van der Waals surface area contributed by atoms with Gasteiger partial charge in [0, 0.05) is 58.1 Å². The molecule has 13 heteroatoms. The molecule has 1 aromatic carbocycles. The smallest absolute Gasteiger partial charge is 0.354 e. The van der Waals surface area contributed by atoms with Gasteiger partial charge in [-0.1, -0.05) is 12.1 Å². The van der Waals surface area contributed by atoms with Gasteiger partial charge in [-0.15, -0.1) is 12.4 Å². The number of aromatic nitrogens is 2. The van der Waals surface area contributed by atoms with Gasteiger partial charge in [-0.05, 0) is 44.0 Å². The number of hydrogen-bond donors (Lipinski definition) is 4. The van der Waals surface area contributed by atoms with Crippen molar-refractivity contribution >= 4 is 30.2 Å². The lowest BCUT2D eigenvalue weighted by Crippen LogP contribution is -2.58. The number of piperazine rings is 1. The topological polar surface area (TPSA) is 163 Å². The maximum atomic E-state index is 12.7. The van der Waals surface area contributed by atoms with Crippen LogP contribution in [0.1, 0.15) is 25.8 Å². The molecule has 3 amide bonds. The number of aliphatic hydroxyl groups is 1. The Morgan fingerprint density at radius 1 is 1.08 bits per heavy atom. The second kappa shape index (κ2) is 12.2. The number of rotatable bonds is 5. The molecule has 2 atom stereocenters. The molecule has 2 aliphatic heterocycles. The highest BCUT2D eigenvalue weighted by Crippen LogP contribution is 2.16. The number of halogens is 1. The van der Waals surface area contributed by atoms with E-state index >= 15 is 0 Å². The fourth-order valence-corrected chi connectivity index (χ4v) is 4.56. The molecular weight excluding hydrogens is 512 g/mol. The molecule has 208 valence electrons. The van der Waals surface area contributed by atoms with Gasteiger partial charge < -0.3 is 26.4 Å². The van der Waals surface area contributed by atoms with Crippen molar-refractivity contribution in [2.24, 2.45) is 11.5 Å². The number of nitrogens with two attached hydrogens (primary N) is 2. The van der Waals surface area contributed by atoms with Crippen LogP contribution in [0.3, 0.4) is 0 Å². The molecule has 2 aliphatic rings. The zero-order valence-corrected chi connectivity index (χ0v) is 22.6. The van der Waals surface area contributed by atoms with Gasteiger partial charge in [0.2, 0.25) is 5.91 Å². The Hall–Kier alpha value is -3.03. The van der Waals surface area contributed by atoms with Gasteiger partial charge in [0.15, 0.2) is 0 Å². The van der Waals surface area contributed by atoms with Crippen molar-refractivity contribution in [3.05, 3.63) is 52.6 Å². The summed E-state index contributed by atoms with van der Waals surface area (Å²) in [4.78, 5) is 47.0. The number of hydrogen-bond acceptors (Lipinski definition) is 8. The first-order valence-corrected chi connectivity index (χ1v) is 12.5. The molecule has 0 spiro atoms. The number of carbonyl (C=O) groups is 2. The molecule has 38 heavy (non-hydrogen) atoms. The standard InChI is InChI=1S/C25H36N8O4.ClH/c1-25(2,27)22(35)31-11-13-32(14-12-31)23(36)28-21-8-10-33(24(37)29-21)18-5-3-17(4-6-18)15-30-9-7-19(26)20(34)16-30;/h3-6,8,10,19-20,34H,7,9,11-16,26-27H2,1-2H3,(H,28,29,36,37);1H/t19-,20+;/m0./s1. The summed E-state index contributed by atoms with van der Waals surface area (Å²) in [6.45, 7) is 6.89. The number of nitrogens with one attached hydrogen (secondary N) is 1. The predicted molar refractivity (Wildman–Crippen MR) is 146 cm³/mol. The van der Waals surface area contributed by atoms with Crippen molar-refractivity contribution in [1.29, 1.82) is 0 Å². The van der Waals surface area contributed by atoms with Gasteiger partial charge in [-0.3, -0.25) is 19.6 Å². The third-order valence-corrected chi connectivity index (χ3v) is 6.78. The summed E-state index contributed by atoms with van der Waals surface area (Å²) in [6.07, 6.45) is 1.81. The van der Waals surface area contributed by atoms with Crippen molar-refractivity contribution in [1.82, 2.24) is 24.3 Å². The number of anilines is 1. The van der Waals surface area contributed by atoms with E-state index in [1.807, 2.05) is 24.3 Å². The number of aliphatic hydroxyl groups excluding tert-OH is 1. The largest absolute Gasteiger partial charge is 0.390 e. The number of piperidine rings is 1. The molecule has 12 nitrogen and oxygen atoms in total. The molecule has 0 radical (unpaired) electrons. The van der Waals surface area contributed by atoms with E-state index in [9.17, 15) is 19.5 Å². The molecule has 0 unspecified atom stereocenters. The number of carbonyl (C=O) groups excluding carboxylic acids is 2. The molecule has 0 aliphatic carbocycles. The normalized spacial score (nSPS) is 20.6. The van der Waals surface area contributed by atoms with Crippen LogP contribution in [-0.4, -0.2) is 98.2 Å². The first-order valence-electron chi connectivity index (χ1n) is 12.5. The minimum atomic E-state index is -0.954. The number of urea groups is 1. The number of likely N-dealkylation sites (tertiary alicyclic amines) is 1. The van der Waals surface area contributed by atoms with Crippen LogP contribution in [0.5, 0.6) is 0 Å². The van der Waals surface area contributed by atoms with Gasteiger partial charge in [0.05, 0.1) is 17.3 Å². The minimum absolute atomic E-state index is 0. The Morgan fingerprint density at radius 2 is 1.71 bits per heavy atom. The molecule has 2 aromatic rings. The zero-order chi connectivity index (χ0) is 26.7. The summed E-state index contributed by atoms with van der Waals surface area (Å²) in [5, 5.41) is 12.7. The molecule has 2 fully saturated rings. The molecule has 3 heterocycles. The SMILES string of the molecule is CC(C)(N)C(=O)N1CCN(C(=O)Nc2ccn(-c3ccc(CN4CC[C@H](N)[C@H](O)C4)cc3)c(=O)n2)CC1.Cl. The quantitative estimate of drug-likeness (QED) is 0.404. The summed E-state index contributed by atoms with van der Waals surface area (Å²) in [5.74, 6) is 0.00669. The van der Waals surface area contributed by atoms with E-state index in [1.165, 1.54) is 4.57 Å². The zero-order valence-electron chi connectivity index (χ0n) is 21.7. The summed E-state index contributed by atoms with van der Waals surface area (Å²) in [6, 6.07) is 8.58. The predicted octanol–water partition coefficient (Wildman–Crippen LogP) is -0.0384. The number of β-amino-alcohol motifs (C(OH)–C–C–N with tert-alkyl or cyclic N) is 1. The molecule has 2 saturated heterocycles. The van der Waals surface area contributed by atoms with E-state index in [1.54, 1.807) is 35.9 Å². The van der Waals surface area contributed by atoms with Gasteiger partial charge in [0.1, 0.15) is 5.82 Å². The van der Waals surface area contributed by atoms with Crippen molar-refractivity contribution in [2.75, 3.05) is 44.6 Å². The maximum Gasteiger partial charge on any atom is 0.354 e. The van der Waals surface area contributed by atoms with Crippen LogP contribution in [0, 0.1) is 0 Å². The van der Waals surface area contributed by atoms with Crippen LogP contribution in [-0.2, 0) is 11.3 Å². The number of amides is 3. The van der Waals surface area contributed by atoms with Crippen LogP contribution in [0.4, 0.5) is 10.6 Å². The van der Waals surface area contributed by atoms with Gasteiger partial charge >= 0.3 is 11.7 Å². The van der Waals surface area contributed by atoms with Gasteiger partial charge in [0.25, 0.3) is 0 Å². The van der Waals surface area contributed by atoms with Gasteiger partial charge in [-0.2, -0.15) is 4.98 Å². The van der Waals surface area contributed by atoms with E-state index in [0.717, 1.165) is 18.5 Å². The highest BCUT2D eigenvalue weighted by atomic mass is 35.5. The maximum absolute atomic E-state index is 12.7. The average Bonchev–Trinajstić information content (AvgIpc) is 2.86. The molecular formula is C25H37ClN8O4. The molecule has 4 rings (SSSR count). The lowest BCUT2D eigenvalue weighted by Gasteiger charge is -2.37. The van der Waals surface area contributed by atoms with Crippen LogP contribution in [0.2, 0.25) is 0 Å². The number of benzene rings is 1. The summed E-state index contributed by atoms with van der Waals surface area (Å²) in [7, 11) is 0. The van der Waals surface area contributed by atoms with Crippen molar-refractivity contribution in [2.45, 2.75) is 44.5 Å². The van der Waals surface area contributed by atoms with Crippen molar-refractivity contribution in [3.8, 4) is 5.69 Å². The monoisotopic (exact) mass is 548 g/mol. The molecule has 0 bridgehead atoms. The Kier molecular flexibility index (Phi) is 9.49. The second-order valence-electron chi connectivity index (χ2n) is 10.3. The van der Waals surface area contributed by atoms with Crippen LogP contribution in [0.25, 0.3) is 5.69 Å². The molecule has 1 aromatic heterocycles. The van der Waals surface area contributed by atoms with Crippen molar-refractivity contribution in [3.63, 3.8) is 0 Å². The van der Waals surface area contributed by atoms with Crippen LogP contribution in [0.15, 0.2) is 41.3 Å². The number of nitrogens with zero attached hydrogens (tertiary/aromatic N) is 5. The molecule has 0 saturated carbocycles. The lowest BCUT2D eigenvalue weighted by molar-refractivity contribution is -0.137. The van der Waals surface area contributed by atoms with E-state index in [4.69, 9.17) is 11.5 Å². The van der Waals surface area contributed by atoms with Gasteiger partial charge in [-0.25, -0.2) is 9.59 Å². The Labute approximate surface area is 228 Å². The third-order valence-electron chi connectivity index (χ3n) is 6.78. The van der Waals surface area contributed by atoms with Crippen LogP contribution < -0.4 is 22.5 Å². The second-order valence-corrected chi connectivity index (χ2v) is 10.3. The highest BCUT2D eigenvalue weighted by molar-refractivity contribution is 5.89.